The number of hydrogen-bond acceptors (Lipinski definition) is 2. The first kappa shape index (κ1) is 10.2. The van der Waals surface area contributed by atoms with Gasteiger partial charge in [0.25, 0.3) is 0 Å². The van der Waals surface area contributed by atoms with Crippen molar-refractivity contribution in [1.82, 2.24) is 0 Å². The van der Waals surface area contributed by atoms with Gasteiger partial charge in [0, 0.05) is 16.1 Å². The second-order valence-corrected chi connectivity index (χ2v) is 5.36. The Morgan fingerprint density at radius 1 is 1.43 bits per heavy atom. The molecular formula is C11H11BrOS. The van der Waals surface area contributed by atoms with Gasteiger partial charge in [0.15, 0.2) is 0 Å². The molecule has 0 spiro atoms. The highest BCUT2D eigenvalue weighted by atomic mass is 79.9. The van der Waals surface area contributed by atoms with Gasteiger partial charge in [0.2, 0.25) is 0 Å². The molecule has 1 saturated heterocycles. The number of Topliss-reactive ketones (excluding diaryl/α,β-unsaturated/α-hetero) is 1. The smallest absolute Gasteiger partial charge is 0.146 e. The molecule has 0 saturated carbocycles. The summed E-state index contributed by atoms with van der Waals surface area (Å²) in [6.45, 7) is 0. The second kappa shape index (κ2) is 4.49. The lowest BCUT2D eigenvalue weighted by molar-refractivity contribution is -0.119. The first-order valence-corrected chi connectivity index (χ1v) is 6.56. The normalized spacial score (nSPS) is 21.5. The maximum atomic E-state index is 11.5. The Balaban J connectivity index is 2.10. The standard InChI is InChI=1S/C11H11BrOS/c12-10-4-2-1-3-8(10)5-9-6-14-7-11(9)13/h1-4,9H,5-7H2. The van der Waals surface area contributed by atoms with E-state index in [-0.39, 0.29) is 5.92 Å². The number of ketones is 1. The molecule has 1 unspecified atom stereocenters. The van der Waals surface area contributed by atoms with E-state index in [1.165, 1.54) is 5.56 Å². The van der Waals surface area contributed by atoms with Crippen LogP contribution in [-0.2, 0) is 11.2 Å². The van der Waals surface area contributed by atoms with E-state index in [0.717, 1.165) is 16.6 Å². The van der Waals surface area contributed by atoms with Crippen molar-refractivity contribution in [2.45, 2.75) is 6.42 Å². The van der Waals surface area contributed by atoms with E-state index in [0.29, 0.717) is 11.5 Å². The highest BCUT2D eigenvalue weighted by molar-refractivity contribution is 9.10. The summed E-state index contributed by atoms with van der Waals surface area (Å²) >= 11 is 5.26. The van der Waals surface area contributed by atoms with E-state index < -0.39 is 0 Å². The van der Waals surface area contributed by atoms with Crippen molar-refractivity contribution in [3.63, 3.8) is 0 Å². The third-order valence-corrected chi connectivity index (χ3v) is 4.34. The molecule has 1 aromatic carbocycles. The van der Waals surface area contributed by atoms with Crippen molar-refractivity contribution in [3.05, 3.63) is 34.3 Å². The van der Waals surface area contributed by atoms with Crippen molar-refractivity contribution in [2.24, 2.45) is 5.92 Å². The van der Waals surface area contributed by atoms with Gasteiger partial charge in [0.05, 0.1) is 5.75 Å². The Hall–Kier alpha value is -0.280. The quantitative estimate of drug-likeness (QED) is 0.822. The topological polar surface area (TPSA) is 17.1 Å². The van der Waals surface area contributed by atoms with Crippen molar-refractivity contribution < 1.29 is 4.79 Å². The lowest BCUT2D eigenvalue weighted by Gasteiger charge is -2.08. The Labute approximate surface area is 96.4 Å². The summed E-state index contributed by atoms with van der Waals surface area (Å²) < 4.78 is 1.12. The summed E-state index contributed by atoms with van der Waals surface area (Å²) in [6.07, 6.45) is 0.882. The summed E-state index contributed by atoms with van der Waals surface area (Å²) in [6, 6.07) is 8.13. The molecule has 0 bridgehead atoms. The number of thioether (sulfide) groups is 1. The molecule has 0 radical (unpaired) electrons. The molecule has 1 heterocycles. The molecule has 1 aliphatic rings. The van der Waals surface area contributed by atoms with Crippen LogP contribution in [0.1, 0.15) is 5.56 Å². The maximum absolute atomic E-state index is 11.5. The number of benzene rings is 1. The van der Waals surface area contributed by atoms with Gasteiger partial charge < -0.3 is 0 Å². The molecule has 1 fully saturated rings. The first-order valence-electron chi connectivity index (χ1n) is 4.61. The monoisotopic (exact) mass is 270 g/mol. The van der Waals surface area contributed by atoms with Crippen LogP contribution in [0.2, 0.25) is 0 Å². The SMILES string of the molecule is O=C1CSCC1Cc1ccccc1Br. The number of rotatable bonds is 2. The fraction of sp³-hybridized carbons (Fsp3) is 0.364. The molecule has 1 aliphatic heterocycles. The molecule has 0 amide bonds. The predicted octanol–water partition coefficient (Wildman–Crippen LogP) is 2.92. The largest absolute Gasteiger partial charge is 0.298 e. The fourth-order valence-corrected chi connectivity index (χ4v) is 3.20. The zero-order chi connectivity index (χ0) is 9.97. The zero-order valence-electron chi connectivity index (χ0n) is 7.70. The van der Waals surface area contributed by atoms with Crippen LogP contribution in [0.3, 0.4) is 0 Å². The van der Waals surface area contributed by atoms with Gasteiger partial charge in [-0.05, 0) is 18.1 Å². The molecule has 3 heteroatoms. The highest BCUT2D eigenvalue weighted by Crippen LogP contribution is 2.26. The molecule has 0 aliphatic carbocycles. The second-order valence-electron chi connectivity index (χ2n) is 3.47. The van der Waals surface area contributed by atoms with Crippen LogP contribution in [0, 0.1) is 5.92 Å². The third kappa shape index (κ3) is 2.20. The van der Waals surface area contributed by atoms with E-state index >= 15 is 0 Å². The molecule has 74 valence electrons. The van der Waals surface area contributed by atoms with E-state index in [1.54, 1.807) is 11.8 Å². The molecule has 1 nitrogen and oxygen atoms in total. The number of halogens is 1. The van der Waals surface area contributed by atoms with Gasteiger partial charge in [-0.1, -0.05) is 34.1 Å². The summed E-state index contributed by atoms with van der Waals surface area (Å²) in [4.78, 5) is 11.5. The maximum Gasteiger partial charge on any atom is 0.146 e. The summed E-state index contributed by atoms with van der Waals surface area (Å²) in [5, 5.41) is 0. The van der Waals surface area contributed by atoms with E-state index in [9.17, 15) is 4.79 Å². The Bertz CT molecular complexity index is 351. The molecule has 1 atom stereocenters. The van der Waals surface area contributed by atoms with Gasteiger partial charge >= 0.3 is 0 Å². The van der Waals surface area contributed by atoms with Crippen molar-refractivity contribution in [1.29, 1.82) is 0 Å². The Morgan fingerprint density at radius 3 is 2.86 bits per heavy atom. The minimum atomic E-state index is 0.235. The van der Waals surface area contributed by atoms with E-state index in [1.807, 2.05) is 18.2 Å². The van der Waals surface area contributed by atoms with Crippen LogP contribution < -0.4 is 0 Å². The highest BCUT2D eigenvalue weighted by Gasteiger charge is 2.25. The lowest BCUT2D eigenvalue weighted by atomic mass is 9.98. The Kier molecular flexibility index (Phi) is 3.29. The molecule has 1 aromatic rings. The van der Waals surface area contributed by atoms with Crippen LogP contribution in [0.5, 0.6) is 0 Å². The van der Waals surface area contributed by atoms with Crippen LogP contribution in [0.4, 0.5) is 0 Å². The van der Waals surface area contributed by atoms with Crippen molar-refractivity contribution in [3.8, 4) is 0 Å². The van der Waals surface area contributed by atoms with Gasteiger partial charge in [-0.2, -0.15) is 11.8 Å². The average molecular weight is 271 g/mol. The molecule has 0 aromatic heterocycles. The first-order chi connectivity index (χ1) is 6.77. The molecule has 2 rings (SSSR count). The van der Waals surface area contributed by atoms with Gasteiger partial charge in [-0.25, -0.2) is 0 Å². The summed E-state index contributed by atoms with van der Waals surface area (Å²) in [7, 11) is 0. The van der Waals surface area contributed by atoms with Gasteiger partial charge in [-0.15, -0.1) is 0 Å². The van der Waals surface area contributed by atoms with Crippen LogP contribution in [-0.4, -0.2) is 17.3 Å². The van der Waals surface area contributed by atoms with Crippen LogP contribution in [0.25, 0.3) is 0 Å². The Morgan fingerprint density at radius 2 is 2.21 bits per heavy atom. The summed E-state index contributed by atoms with van der Waals surface area (Å²) in [5.41, 5.74) is 1.24. The molecule has 0 N–H and O–H groups in total. The third-order valence-electron chi connectivity index (χ3n) is 2.44. The number of carbonyl (C=O) groups is 1. The molecular weight excluding hydrogens is 260 g/mol. The summed E-state index contributed by atoms with van der Waals surface area (Å²) in [5.74, 6) is 2.33. The molecule has 14 heavy (non-hydrogen) atoms. The van der Waals surface area contributed by atoms with Crippen molar-refractivity contribution >= 4 is 33.5 Å². The van der Waals surface area contributed by atoms with Crippen LogP contribution >= 0.6 is 27.7 Å². The van der Waals surface area contributed by atoms with Gasteiger partial charge in [-0.3, -0.25) is 4.79 Å². The van der Waals surface area contributed by atoms with Crippen LogP contribution in [0.15, 0.2) is 28.7 Å². The number of carbonyl (C=O) groups excluding carboxylic acids is 1. The minimum Gasteiger partial charge on any atom is -0.298 e. The number of hydrogen-bond donors (Lipinski definition) is 0. The van der Waals surface area contributed by atoms with E-state index in [4.69, 9.17) is 0 Å². The lowest BCUT2D eigenvalue weighted by Crippen LogP contribution is -2.14. The minimum absolute atomic E-state index is 0.235. The van der Waals surface area contributed by atoms with Crippen molar-refractivity contribution in [2.75, 3.05) is 11.5 Å². The average Bonchev–Trinajstić information content (AvgIpc) is 2.56. The van der Waals surface area contributed by atoms with Gasteiger partial charge in [0.1, 0.15) is 5.78 Å². The fourth-order valence-electron chi connectivity index (χ4n) is 1.61. The van der Waals surface area contributed by atoms with E-state index in [2.05, 4.69) is 22.0 Å². The zero-order valence-corrected chi connectivity index (χ0v) is 10.1. The predicted molar refractivity (Wildman–Crippen MR) is 63.7 cm³/mol.